The predicted molar refractivity (Wildman–Crippen MR) is 272 cm³/mol. The van der Waals surface area contributed by atoms with Gasteiger partial charge >= 0.3 is 17.6 Å². The van der Waals surface area contributed by atoms with E-state index in [-0.39, 0.29) is 11.8 Å². The summed E-state index contributed by atoms with van der Waals surface area (Å²) in [4.78, 5) is 13.9. The SMILES string of the molecule is CCC(CCCCCC[Si](OCCOCCOC)(OCCOCCOC)OCCOCCOC)C(=O)C(CC)CCCCCC[Si](OCCOCCOC)(OCCOCCOC)OCCOCCOC. The topological polar surface area (TPSA) is 183 Å². The van der Waals surface area contributed by atoms with E-state index in [9.17, 15) is 4.79 Å². The number of ether oxygens (including phenoxy) is 12. The van der Waals surface area contributed by atoms with Crippen molar-refractivity contribution < 1.29 is 88.2 Å². The highest BCUT2D eigenvalue weighted by molar-refractivity contribution is 6.61. The highest BCUT2D eigenvalue weighted by Crippen LogP contribution is 2.27. The van der Waals surface area contributed by atoms with Crippen LogP contribution in [0.3, 0.4) is 0 Å². The molecule has 0 spiro atoms. The van der Waals surface area contributed by atoms with Crippen LogP contribution in [0.15, 0.2) is 0 Å². The minimum absolute atomic E-state index is 0.0660. The minimum Gasteiger partial charge on any atom is -0.382 e. The zero-order valence-corrected chi connectivity index (χ0v) is 47.3. The largest absolute Gasteiger partial charge is 0.501 e. The lowest BCUT2D eigenvalue weighted by atomic mass is 9.83. The lowest BCUT2D eigenvalue weighted by Gasteiger charge is -2.30. The lowest BCUT2D eigenvalue weighted by molar-refractivity contribution is -0.127. The Hall–Kier alpha value is -0.616. The number of rotatable bonds is 60. The highest BCUT2D eigenvalue weighted by Gasteiger charge is 2.42. The second-order valence-electron chi connectivity index (χ2n) is 16.6. The fourth-order valence-electron chi connectivity index (χ4n) is 7.29. The molecule has 0 saturated carbocycles. The molecule has 0 amide bonds. The first-order chi connectivity index (χ1) is 34.4. The Labute approximate surface area is 426 Å². The molecule has 0 aromatic heterocycles. The van der Waals surface area contributed by atoms with Crippen molar-refractivity contribution in [3.8, 4) is 0 Å². The molecule has 0 N–H and O–H groups in total. The second-order valence-corrected chi connectivity index (χ2v) is 22.1. The summed E-state index contributed by atoms with van der Waals surface area (Å²) < 4.78 is 103. The Morgan fingerprint density at radius 1 is 0.300 bits per heavy atom. The van der Waals surface area contributed by atoms with Crippen molar-refractivity contribution in [2.24, 2.45) is 11.8 Å². The van der Waals surface area contributed by atoms with Crippen molar-refractivity contribution in [2.75, 3.05) is 201 Å². The molecule has 0 bridgehead atoms. The van der Waals surface area contributed by atoms with E-state index in [2.05, 4.69) is 13.8 Å². The predicted octanol–water partition coefficient (Wildman–Crippen LogP) is 6.46. The van der Waals surface area contributed by atoms with Gasteiger partial charge in [0.05, 0.1) is 159 Å². The molecule has 2 unspecified atom stereocenters. The summed E-state index contributed by atoms with van der Waals surface area (Å²) in [5.41, 5.74) is 0. The third kappa shape index (κ3) is 40.7. The first-order valence-electron chi connectivity index (χ1n) is 26.1. The van der Waals surface area contributed by atoms with Crippen LogP contribution in [-0.2, 0) is 88.2 Å². The maximum Gasteiger partial charge on any atom is 0.501 e. The number of unbranched alkanes of at least 4 members (excludes halogenated alkanes) is 6. The van der Waals surface area contributed by atoms with Crippen molar-refractivity contribution in [3.63, 3.8) is 0 Å². The van der Waals surface area contributed by atoms with E-state index in [0.29, 0.717) is 176 Å². The third-order valence-corrected chi connectivity index (χ3v) is 17.0. The summed E-state index contributed by atoms with van der Waals surface area (Å²) in [6, 6.07) is 1.31. The molecule has 0 radical (unpaired) electrons. The van der Waals surface area contributed by atoms with Crippen LogP contribution in [0.5, 0.6) is 0 Å². The summed E-state index contributed by atoms with van der Waals surface area (Å²) in [5.74, 6) is 0.544. The molecule has 19 nitrogen and oxygen atoms in total. The van der Waals surface area contributed by atoms with Crippen molar-refractivity contribution in [2.45, 2.75) is 103 Å². The normalized spacial score (nSPS) is 13.1. The van der Waals surface area contributed by atoms with E-state index < -0.39 is 17.6 Å². The summed E-state index contributed by atoms with van der Waals surface area (Å²) in [6.45, 7) is 14.7. The fourth-order valence-corrected chi connectivity index (χ4v) is 12.4. The van der Waals surface area contributed by atoms with Gasteiger partial charge in [0.25, 0.3) is 0 Å². The summed E-state index contributed by atoms with van der Waals surface area (Å²) in [5, 5.41) is 0. The zero-order valence-electron chi connectivity index (χ0n) is 45.3. The maximum atomic E-state index is 13.9. The van der Waals surface area contributed by atoms with Gasteiger partial charge in [-0.25, -0.2) is 0 Å². The van der Waals surface area contributed by atoms with Crippen LogP contribution in [0.2, 0.25) is 12.1 Å². The molecule has 0 rings (SSSR count). The van der Waals surface area contributed by atoms with Gasteiger partial charge in [-0.15, -0.1) is 0 Å². The van der Waals surface area contributed by atoms with Crippen LogP contribution in [0.4, 0.5) is 0 Å². The number of carbonyl (C=O) groups is 1. The van der Waals surface area contributed by atoms with Crippen LogP contribution >= 0.6 is 0 Å². The van der Waals surface area contributed by atoms with E-state index in [1.807, 2.05) is 0 Å². The van der Waals surface area contributed by atoms with Crippen molar-refractivity contribution >= 4 is 23.4 Å². The average Bonchev–Trinajstić information content (AvgIpc) is 3.37. The maximum absolute atomic E-state index is 13.9. The molecule has 0 fully saturated rings. The molecule has 70 heavy (non-hydrogen) atoms. The number of carbonyl (C=O) groups excluding carboxylic acids is 1. The van der Waals surface area contributed by atoms with E-state index in [1.54, 1.807) is 42.7 Å². The summed E-state index contributed by atoms with van der Waals surface area (Å²) in [6.07, 6.45) is 11.2. The Morgan fingerprint density at radius 3 is 0.729 bits per heavy atom. The van der Waals surface area contributed by atoms with E-state index in [0.717, 1.165) is 77.0 Å². The second kappa shape index (κ2) is 53.2. The number of Topliss-reactive ketones (excluding diaryl/α,β-unsaturated/α-hetero) is 1. The first-order valence-corrected chi connectivity index (χ1v) is 30.0. The molecule has 0 aliphatic heterocycles. The van der Waals surface area contributed by atoms with Gasteiger partial charge in [-0.3, -0.25) is 4.79 Å². The number of methoxy groups -OCH3 is 6. The Balaban J connectivity index is 5.33. The van der Waals surface area contributed by atoms with Crippen LogP contribution in [0.25, 0.3) is 0 Å². The highest BCUT2D eigenvalue weighted by atomic mass is 28.4. The van der Waals surface area contributed by atoms with Crippen molar-refractivity contribution in [1.29, 1.82) is 0 Å². The van der Waals surface area contributed by atoms with E-state index >= 15 is 0 Å². The molecule has 0 aromatic carbocycles. The van der Waals surface area contributed by atoms with Crippen LogP contribution in [-0.4, -0.2) is 225 Å². The Bertz CT molecular complexity index is 915. The number of ketones is 1. The van der Waals surface area contributed by atoms with Crippen molar-refractivity contribution in [1.82, 2.24) is 0 Å². The third-order valence-electron chi connectivity index (χ3n) is 11.3. The molecule has 21 heteroatoms. The minimum atomic E-state index is -3.12. The molecule has 420 valence electrons. The summed E-state index contributed by atoms with van der Waals surface area (Å²) in [7, 11) is 3.64. The van der Waals surface area contributed by atoms with Gasteiger partial charge in [-0.05, 0) is 38.5 Å². The molecule has 0 aliphatic carbocycles. The van der Waals surface area contributed by atoms with Gasteiger partial charge in [0, 0.05) is 66.6 Å². The summed E-state index contributed by atoms with van der Waals surface area (Å²) >= 11 is 0. The zero-order chi connectivity index (χ0) is 51.3. The van der Waals surface area contributed by atoms with E-state index in [4.69, 9.17) is 83.4 Å². The van der Waals surface area contributed by atoms with E-state index in [1.165, 1.54) is 0 Å². The fraction of sp³-hybridized carbons (Fsp3) is 0.980. The monoisotopic (exact) mass is 1050 g/mol. The molecule has 0 aromatic rings. The van der Waals surface area contributed by atoms with Gasteiger partial charge in [-0.2, -0.15) is 0 Å². The molecule has 0 aliphatic rings. The molecule has 0 heterocycles. The van der Waals surface area contributed by atoms with Gasteiger partial charge in [0.1, 0.15) is 5.78 Å². The van der Waals surface area contributed by atoms with Gasteiger partial charge < -0.3 is 83.4 Å². The molecule has 2 atom stereocenters. The number of hydrogen-bond acceptors (Lipinski definition) is 19. The van der Waals surface area contributed by atoms with Crippen LogP contribution < -0.4 is 0 Å². The number of hydrogen-bond donors (Lipinski definition) is 0. The quantitative estimate of drug-likeness (QED) is 0.0477. The Kier molecular flexibility index (Phi) is 52.7. The van der Waals surface area contributed by atoms with Crippen LogP contribution in [0, 0.1) is 11.8 Å². The van der Waals surface area contributed by atoms with Crippen LogP contribution in [0.1, 0.15) is 90.9 Å². The standard InChI is InChI=1S/C49H102O19Si2/c1-9-47(19-15-11-13-17-45-69(63-39-33-57-27-21-51-3,64-40-34-58-28-22-52-4)65-41-35-59-29-23-53-5)49(50)48(10-2)20-16-12-14-18-46-70(66-42-36-60-30-24-54-6,67-43-37-61-31-25-55-7)68-44-38-62-32-26-56-8/h47-48H,9-46H2,1-8H3. The van der Waals surface area contributed by atoms with Crippen molar-refractivity contribution in [3.05, 3.63) is 0 Å². The first kappa shape index (κ1) is 69.4. The van der Waals surface area contributed by atoms with Gasteiger partial charge in [0.15, 0.2) is 0 Å². The molecular formula is C49H102O19Si2. The lowest BCUT2D eigenvalue weighted by Crippen LogP contribution is -2.48. The molecule has 0 saturated heterocycles. The van der Waals surface area contributed by atoms with Gasteiger partial charge in [-0.1, -0.05) is 52.4 Å². The average molecular weight is 1050 g/mol. The molecular weight excluding hydrogens is 949 g/mol. The Morgan fingerprint density at radius 2 is 0.514 bits per heavy atom. The smallest absolute Gasteiger partial charge is 0.382 e. The van der Waals surface area contributed by atoms with Gasteiger partial charge in [0.2, 0.25) is 0 Å².